The van der Waals surface area contributed by atoms with Crippen molar-refractivity contribution in [1.29, 1.82) is 0 Å². The van der Waals surface area contributed by atoms with Gasteiger partial charge in [-0.1, -0.05) is 6.07 Å². The van der Waals surface area contributed by atoms with Gasteiger partial charge >= 0.3 is 0 Å². The van der Waals surface area contributed by atoms with Crippen LogP contribution in [0.5, 0.6) is 17.2 Å². The summed E-state index contributed by atoms with van der Waals surface area (Å²) in [5.74, 6) is 1.68. The number of carbonyl (C=O) groups excluding carboxylic acids is 1. The maximum atomic E-state index is 11.8. The predicted molar refractivity (Wildman–Crippen MR) is 96.8 cm³/mol. The molecule has 0 aromatic heterocycles. The van der Waals surface area contributed by atoms with E-state index in [-0.39, 0.29) is 12.5 Å². The number of rotatable bonds is 8. The Morgan fingerprint density at radius 3 is 2.56 bits per heavy atom. The Labute approximate surface area is 146 Å². The molecule has 0 aliphatic heterocycles. The standard InChI is InChI=1S/C18H21N3O4/c1-23-15-6-4-5-14(10-15)19-12-18(22)21-20-11-13-7-8-16(24-2)17(9-13)25-3/h4-11,19H,12H2,1-3H3,(H,21,22)/b20-11-. The lowest BCUT2D eigenvalue weighted by Gasteiger charge is -2.08. The Hall–Kier alpha value is -3.22. The minimum Gasteiger partial charge on any atom is -0.497 e. The highest BCUT2D eigenvalue weighted by Crippen LogP contribution is 2.26. The van der Waals surface area contributed by atoms with Crippen molar-refractivity contribution < 1.29 is 19.0 Å². The number of nitrogens with one attached hydrogen (secondary N) is 2. The van der Waals surface area contributed by atoms with Gasteiger partial charge in [-0.15, -0.1) is 0 Å². The highest BCUT2D eigenvalue weighted by molar-refractivity contribution is 5.84. The van der Waals surface area contributed by atoms with E-state index in [0.717, 1.165) is 17.0 Å². The van der Waals surface area contributed by atoms with E-state index < -0.39 is 0 Å². The third kappa shape index (κ3) is 5.42. The Bertz CT molecular complexity index is 747. The Kier molecular flexibility index (Phi) is 6.65. The number of carbonyl (C=O) groups is 1. The molecular formula is C18H21N3O4. The predicted octanol–water partition coefficient (Wildman–Crippen LogP) is 2.27. The van der Waals surface area contributed by atoms with Crippen LogP contribution in [-0.4, -0.2) is 40.0 Å². The summed E-state index contributed by atoms with van der Waals surface area (Å²) in [4.78, 5) is 11.8. The summed E-state index contributed by atoms with van der Waals surface area (Å²) in [5, 5.41) is 6.93. The number of hydrogen-bond donors (Lipinski definition) is 2. The van der Waals surface area contributed by atoms with Crippen LogP contribution >= 0.6 is 0 Å². The van der Waals surface area contributed by atoms with Crippen LogP contribution in [0, 0.1) is 0 Å². The highest BCUT2D eigenvalue weighted by Gasteiger charge is 2.04. The molecule has 0 spiro atoms. The summed E-state index contributed by atoms with van der Waals surface area (Å²) in [6, 6.07) is 12.7. The van der Waals surface area contributed by atoms with Crippen LogP contribution < -0.4 is 25.0 Å². The molecule has 7 nitrogen and oxygen atoms in total. The third-order valence-electron chi connectivity index (χ3n) is 3.33. The van der Waals surface area contributed by atoms with E-state index in [2.05, 4.69) is 15.8 Å². The quantitative estimate of drug-likeness (QED) is 0.568. The first kappa shape index (κ1) is 18.1. The maximum absolute atomic E-state index is 11.8. The van der Waals surface area contributed by atoms with Crippen LogP contribution in [0.3, 0.4) is 0 Å². The fourth-order valence-electron chi connectivity index (χ4n) is 2.07. The monoisotopic (exact) mass is 343 g/mol. The molecule has 0 aliphatic rings. The summed E-state index contributed by atoms with van der Waals surface area (Å²) >= 11 is 0. The van der Waals surface area contributed by atoms with Crippen LogP contribution in [0.1, 0.15) is 5.56 Å². The number of hydrazone groups is 1. The topological polar surface area (TPSA) is 81.2 Å². The fraction of sp³-hybridized carbons (Fsp3) is 0.222. The lowest BCUT2D eigenvalue weighted by atomic mass is 10.2. The molecule has 2 rings (SSSR count). The van der Waals surface area contributed by atoms with Gasteiger partial charge in [-0.2, -0.15) is 5.10 Å². The van der Waals surface area contributed by atoms with E-state index in [0.29, 0.717) is 11.5 Å². The average molecular weight is 343 g/mol. The smallest absolute Gasteiger partial charge is 0.259 e. The number of amides is 1. The minimum absolute atomic E-state index is 0.0937. The van der Waals surface area contributed by atoms with Gasteiger partial charge in [0.15, 0.2) is 11.5 Å². The van der Waals surface area contributed by atoms with Crippen molar-refractivity contribution in [1.82, 2.24) is 5.43 Å². The summed E-state index contributed by atoms with van der Waals surface area (Å²) in [6.07, 6.45) is 1.53. The molecule has 0 atom stereocenters. The SMILES string of the molecule is COc1cccc(NCC(=O)N/N=C\c2ccc(OC)c(OC)c2)c1. The number of anilines is 1. The van der Waals surface area contributed by atoms with Gasteiger partial charge in [-0.05, 0) is 35.9 Å². The van der Waals surface area contributed by atoms with E-state index in [1.54, 1.807) is 39.5 Å². The lowest BCUT2D eigenvalue weighted by Crippen LogP contribution is -2.25. The number of ether oxygens (including phenoxy) is 3. The van der Waals surface area contributed by atoms with Gasteiger partial charge in [0.05, 0.1) is 34.1 Å². The van der Waals surface area contributed by atoms with Crippen LogP contribution in [0.2, 0.25) is 0 Å². The van der Waals surface area contributed by atoms with Gasteiger partial charge in [0.1, 0.15) is 5.75 Å². The number of nitrogens with zero attached hydrogens (tertiary/aromatic N) is 1. The van der Waals surface area contributed by atoms with Crippen molar-refractivity contribution in [2.24, 2.45) is 5.10 Å². The highest BCUT2D eigenvalue weighted by atomic mass is 16.5. The first-order valence-corrected chi connectivity index (χ1v) is 7.58. The molecule has 2 aromatic rings. The van der Waals surface area contributed by atoms with Crippen LogP contribution in [-0.2, 0) is 4.79 Å². The van der Waals surface area contributed by atoms with Gasteiger partial charge < -0.3 is 19.5 Å². The molecule has 7 heteroatoms. The van der Waals surface area contributed by atoms with Crippen molar-refractivity contribution in [3.8, 4) is 17.2 Å². The van der Waals surface area contributed by atoms with Crippen molar-refractivity contribution in [2.75, 3.05) is 33.2 Å². The second kappa shape index (κ2) is 9.17. The number of methoxy groups -OCH3 is 3. The molecule has 0 unspecified atom stereocenters. The largest absolute Gasteiger partial charge is 0.497 e. The summed E-state index contributed by atoms with van der Waals surface area (Å²) in [6.45, 7) is 0.0937. The molecule has 0 bridgehead atoms. The molecular weight excluding hydrogens is 322 g/mol. The van der Waals surface area contributed by atoms with Crippen LogP contribution in [0.25, 0.3) is 0 Å². The van der Waals surface area contributed by atoms with Crippen LogP contribution in [0.15, 0.2) is 47.6 Å². The number of benzene rings is 2. The van der Waals surface area contributed by atoms with Gasteiger partial charge in [0.25, 0.3) is 5.91 Å². The fourth-order valence-corrected chi connectivity index (χ4v) is 2.07. The molecule has 0 heterocycles. The minimum atomic E-state index is -0.264. The lowest BCUT2D eigenvalue weighted by molar-refractivity contribution is -0.119. The van der Waals surface area contributed by atoms with Gasteiger partial charge in [0, 0.05) is 11.8 Å². The third-order valence-corrected chi connectivity index (χ3v) is 3.33. The molecule has 0 fully saturated rings. The first-order valence-electron chi connectivity index (χ1n) is 7.58. The zero-order valence-electron chi connectivity index (χ0n) is 14.4. The van der Waals surface area contributed by atoms with Gasteiger partial charge in [-0.25, -0.2) is 5.43 Å². The molecule has 0 saturated heterocycles. The Morgan fingerprint density at radius 2 is 1.84 bits per heavy atom. The van der Waals surface area contributed by atoms with Crippen molar-refractivity contribution >= 4 is 17.8 Å². The molecule has 0 aliphatic carbocycles. The maximum Gasteiger partial charge on any atom is 0.259 e. The average Bonchev–Trinajstić information content (AvgIpc) is 2.66. The zero-order valence-corrected chi connectivity index (χ0v) is 14.4. The Balaban J connectivity index is 1.85. The molecule has 1 amide bonds. The molecule has 25 heavy (non-hydrogen) atoms. The molecule has 2 N–H and O–H groups in total. The van der Waals surface area contributed by atoms with E-state index in [1.165, 1.54) is 6.21 Å². The summed E-state index contributed by atoms with van der Waals surface area (Å²) in [5.41, 5.74) is 4.03. The van der Waals surface area contributed by atoms with Crippen molar-refractivity contribution in [3.05, 3.63) is 48.0 Å². The van der Waals surface area contributed by atoms with E-state index in [1.807, 2.05) is 24.3 Å². The van der Waals surface area contributed by atoms with E-state index in [4.69, 9.17) is 14.2 Å². The second-order valence-electron chi connectivity index (χ2n) is 4.99. The molecule has 132 valence electrons. The molecule has 2 aromatic carbocycles. The normalized spacial score (nSPS) is 10.4. The Morgan fingerprint density at radius 1 is 1.04 bits per heavy atom. The summed E-state index contributed by atoms with van der Waals surface area (Å²) in [7, 11) is 4.72. The van der Waals surface area contributed by atoms with E-state index in [9.17, 15) is 4.79 Å². The summed E-state index contributed by atoms with van der Waals surface area (Å²) < 4.78 is 15.5. The number of hydrogen-bond acceptors (Lipinski definition) is 6. The van der Waals surface area contributed by atoms with E-state index >= 15 is 0 Å². The zero-order chi connectivity index (χ0) is 18.1. The second-order valence-corrected chi connectivity index (χ2v) is 4.99. The van der Waals surface area contributed by atoms with Crippen molar-refractivity contribution in [2.45, 2.75) is 0 Å². The van der Waals surface area contributed by atoms with Crippen molar-refractivity contribution in [3.63, 3.8) is 0 Å². The van der Waals surface area contributed by atoms with Gasteiger partial charge in [-0.3, -0.25) is 4.79 Å². The van der Waals surface area contributed by atoms with Gasteiger partial charge in [0.2, 0.25) is 0 Å². The molecule has 0 saturated carbocycles. The van der Waals surface area contributed by atoms with Crippen LogP contribution in [0.4, 0.5) is 5.69 Å². The first-order chi connectivity index (χ1) is 12.2. The molecule has 0 radical (unpaired) electrons.